The van der Waals surface area contributed by atoms with Gasteiger partial charge in [0.1, 0.15) is 5.75 Å². The highest BCUT2D eigenvalue weighted by Gasteiger charge is 2.10. The molecule has 2 rings (SSSR count). The lowest BCUT2D eigenvalue weighted by Gasteiger charge is -2.07. The van der Waals surface area contributed by atoms with Crippen LogP contribution in [0.4, 0.5) is 5.95 Å². The maximum absolute atomic E-state index is 11.4. The van der Waals surface area contributed by atoms with Gasteiger partial charge in [0.15, 0.2) is 9.84 Å². The molecule has 1 N–H and O–H groups in total. The van der Waals surface area contributed by atoms with Gasteiger partial charge in [-0.3, -0.25) is 0 Å². The van der Waals surface area contributed by atoms with Gasteiger partial charge in [-0.25, -0.2) is 8.42 Å². The van der Waals surface area contributed by atoms with Crippen LogP contribution in [0.25, 0.3) is 0 Å². The van der Waals surface area contributed by atoms with Crippen LogP contribution in [-0.2, 0) is 9.84 Å². The molecule has 0 aliphatic rings. The number of sulfone groups is 1. The summed E-state index contributed by atoms with van der Waals surface area (Å²) in [5.74, 6) is 0.697. The highest BCUT2D eigenvalue weighted by molar-refractivity contribution is 7.90. The number of hydrogen-bond acceptors (Lipinski definition) is 8. The second-order valence-corrected chi connectivity index (χ2v) is 6.04. The summed E-state index contributed by atoms with van der Waals surface area (Å²) in [4.78, 5) is 12.1. The molecule has 0 aliphatic carbocycles. The molecule has 0 aliphatic heterocycles. The zero-order valence-corrected chi connectivity index (χ0v) is 12.5. The Hall–Kier alpha value is -2.42. The van der Waals surface area contributed by atoms with E-state index in [-0.39, 0.29) is 16.9 Å². The molecular formula is C12H14N4O4S. The van der Waals surface area contributed by atoms with Crippen molar-refractivity contribution in [2.24, 2.45) is 0 Å². The molecule has 0 amide bonds. The van der Waals surface area contributed by atoms with E-state index in [0.29, 0.717) is 11.7 Å². The number of nitrogens with one attached hydrogen (secondary N) is 1. The van der Waals surface area contributed by atoms with Gasteiger partial charge in [-0.1, -0.05) is 0 Å². The van der Waals surface area contributed by atoms with E-state index in [4.69, 9.17) is 9.47 Å². The van der Waals surface area contributed by atoms with E-state index in [9.17, 15) is 8.42 Å². The van der Waals surface area contributed by atoms with Crippen molar-refractivity contribution < 1.29 is 17.9 Å². The van der Waals surface area contributed by atoms with E-state index in [2.05, 4.69) is 20.3 Å². The van der Waals surface area contributed by atoms with E-state index < -0.39 is 9.84 Å². The number of aromatic nitrogens is 3. The largest absolute Gasteiger partial charge is 0.467 e. The third kappa shape index (κ3) is 3.78. The molecule has 2 aromatic rings. The number of hydrogen-bond donors (Lipinski definition) is 1. The maximum atomic E-state index is 11.4. The first-order valence-corrected chi connectivity index (χ1v) is 7.77. The molecule has 0 saturated heterocycles. The summed E-state index contributed by atoms with van der Waals surface area (Å²) in [6.07, 6.45) is 1.14. The maximum Gasteiger partial charge on any atom is 0.330 e. The van der Waals surface area contributed by atoms with Gasteiger partial charge in [0.05, 0.1) is 12.0 Å². The first-order chi connectivity index (χ1) is 9.92. The first kappa shape index (κ1) is 15.0. The molecule has 0 saturated carbocycles. The number of methoxy groups -OCH3 is 1. The third-order valence-electron chi connectivity index (χ3n) is 2.46. The van der Waals surface area contributed by atoms with Crippen molar-refractivity contribution in [3.63, 3.8) is 0 Å². The Morgan fingerprint density at radius 2 is 1.67 bits per heavy atom. The standard InChI is InChI=1S/C12H14N4O4S/c1-13-10-14-11(19-2)16-12(15-10)20-8-4-6-9(7-5-8)21(3,17)18/h4-7H,1-3H3,(H,13,14,15,16). The molecule has 0 atom stereocenters. The van der Waals surface area contributed by atoms with E-state index in [0.717, 1.165) is 6.26 Å². The molecule has 1 aromatic heterocycles. The lowest BCUT2D eigenvalue weighted by molar-refractivity contribution is 0.360. The highest BCUT2D eigenvalue weighted by Crippen LogP contribution is 2.22. The van der Waals surface area contributed by atoms with Gasteiger partial charge in [-0.2, -0.15) is 9.97 Å². The average molecular weight is 310 g/mol. The monoisotopic (exact) mass is 310 g/mol. The minimum atomic E-state index is -3.24. The van der Waals surface area contributed by atoms with Crippen molar-refractivity contribution in [2.45, 2.75) is 4.90 Å². The zero-order chi connectivity index (χ0) is 15.5. The SMILES string of the molecule is CNc1nc(OC)nc(Oc2ccc(S(C)(=O)=O)cc2)n1. The summed E-state index contributed by atoms with van der Waals surface area (Å²) in [5, 5.41) is 2.76. The lowest BCUT2D eigenvalue weighted by Crippen LogP contribution is -2.03. The predicted octanol–water partition coefficient (Wildman–Crippen LogP) is 1.12. The van der Waals surface area contributed by atoms with Gasteiger partial charge in [0.2, 0.25) is 5.95 Å². The minimum absolute atomic E-state index is 0.0401. The molecule has 21 heavy (non-hydrogen) atoms. The van der Waals surface area contributed by atoms with Crippen LogP contribution in [-0.4, -0.2) is 43.8 Å². The van der Waals surface area contributed by atoms with E-state index >= 15 is 0 Å². The van der Waals surface area contributed by atoms with E-state index in [1.54, 1.807) is 7.05 Å². The summed E-state index contributed by atoms with van der Waals surface area (Å²) >= 11 is 0. The Morgan fingerprint density at radius 3 is 2.19 bits per heavy atom. The highest BCUT2D eigenvalue weighted by atomic mass is 32.2. The summed E-state index contributed by atoms with van der Waals surface area (Å²) in [6.45, 7) is 0. The fourth-order valence-corrected chi connectivity index (χ4v) is 2.08. The van der Waals surface area contributed by atoms with E-state index in [1.807, 2.05) is 0 Å². The number of anilines is 1. The van der Waals surface area contributed by atoms with Crippen molar-refractivity contribution >= 4 is 15.8 Å². The Balaban J connectivity index is 2.25. The quantitative estimate of drug-likeness (QED) is 0.876. The van der Waals surface area contributed by atoms with Crippen LogP contribution in [0.3, 0.4) is 0 Å². The van der Waals surface area contributed by atoms with Gasteiger partial charge < -0.3 is 14.8 Å². The summed E-state index contributed by atoms with van der Waals surface area (Å²) in [7, 11) is -0.158. The first-order valence-electron chi connectivity index (χ1n) is 5.88. The van der Waals surface area contributed by atoms with Gasteiger partial charge in [0.25, 0.3) is 0 Å². The van der Waals surface area contributed by atoms with Crippen LogP contribution in [0.1, 0.15) is 0 Å². The number of ether oxygens (including phenoxy) is 2. The van der Waals surface area contributed by atoms with Crippen LogP contribution in [0.15, 0.2) is 29.2 Å². The fourth-order valence-electron chi connectivity index (χ4n) is 1.45. The van der Waals surface area contributed by atoms with Crippen molar-refractivity contribution in [3.05, 3.63) is 24.3 Å². The lowest BCUT2D eigenvalue weighted by atomic mass is 10.3. The average Bonchev–Trinajstić information content (AvgIpc) is 2.46. The van der Waals surface area contributed by atoms with Crippen molar-refractivity contribution in [3.8, 4) is 17.8 Å². The van der Waals surface area contributed by atoms with Crippen LogP contribution in [0.5, 0.6) is 17.8 Å². The Morgan fingerprint density at radius 1 is 1.05 bits per heavy atom. The molecule has 0 fully saturated rings. The molecule has 1 heterocycles. The Bertz CT molecular complexity index is 709. The summed E-state index contributed by atoms with van der Waals surface area (Å²) in [6, 6.07) is 6.08. The molecule has 0 bridgehead atoms. The number of rotatable bonds is 5. The molecule has 1 aromatic carbocycles. The van der Waals surface area contributed by atoms with E-state index in [1.165, 1.54) is 31.4 Å². The molecule has 9 heteroatoms. The molecule has 0 spiro atoms. The van der Waals surface area contributed by atoms with Gasteiger partial charge in [-0.15, -0.1) is 4.98 Å². The second kappa shape index (κ2) is 5.92. The molecule has 0 unspecified atom stereocenters. The topological polar surface area (TPSA) is 103 Å². The Labute approximate surface area is 122 Å². The molecule has 112 valence electrons. The van der Waals surface area contributed by atoms with Crippen molar-refractivity contribution in [1.29, 1.82) is 0 Å². The van der Waals surface area contributed by atoms with Gasteiger partial charge >= 0.3 is 12.0 Å². The predicted molar refractivity (Wildman–Crippen MR) is 75.6 cm³/mol. The normalized spacial score (nSPS) is 11.0. The second-order valence-electron chi connectivity index (χ2n) is 4.02. The van der Waals surface area contributed by atoms with Crippen LogP contribution in [0, 0.1) is 0 Å². The summed E-state index contributed by atoms with van der Waals surface area (Å²) < 4.78 is 33.1. The summed E-state index contributed by atoms with van der Waals surface area (Å²) in [5.41, 5.74) is 0. The minimum Gasteiger partial charge on any atom is -0.467 e. The fraction of sp³-hybridized carbons (Fsp3) is 0.250. The number of nitrogens with zero attached hydrogens (tertiary/aromatic N) is 3. The Kier molecular flexibility index (Phi) is 4.22. The van der Waals surface area contributed by atoms with Crippen molar-refractivity contribution in [1.82, 2.24) is 15.0 Å². The molecular weight excluding hydrogens is 296 g/mol. The zero-order valence-electron chi connectivity index (χ0n) is 11.7. The smallest absolute Gasteiger partial charge is 0.330 e. The molecule has 8 nitrogen and oxygen atoms in total. The van der Waals surface area contributed by atoms with Crippen LogP contribution in [0.2, 0.25) is 0 Å². The van der Waals surface area contributed by atoms with Crippen LogP contribution >= 0.6 is 0 Å². The van der Waals surface area contributed by atoms with Crippen LogP contribution < -0.4 is 14.8 Å². The van der Waals surface area contributed by atoms with Gasteiger partial charge in [0, 0.05) is 13.3 Å². The van der Waals surface area contributed by atoms with Crippen molar-refractivity contribution in [2.75, 3.05) is 25.7 Å². The molecule has 0 radical (unpaired) electrons. The number of benzene rings is 1. The van der Waals surface area contributed by atoms with Gasteiger partial charge in [-0.05, 0) is 24.3 Å². The third-order valence-corrected chi connectivity index (χ3v) is 3.59.